The first-order valence-corrected chi connectivity index (χ1v) is 9.44. The molecular weight excluding hydrogens is 395 g/mol. The van der Waals surface area contributed by atoms with Gasteiger partial charge in [-0.3, -0.25) is 10.4 Å². The van der Waals surface area contributed by atoms with Gasteiger partial charge < -0.3 is 20.9 Å². The minimum atomic E-state index is -0.0319. The first-order valence-electron chi connectivity index (χ1n) is 8.69. The Kier molecular flexibility index (Phi) is 4.98. The summed E-state index contributed by atoms with van der Waals surface area (Å²) in [6.45, 7) is 1.25. The van der Waals surface area contributed by atoms with E-state index >= 15 is 0 Å². The van der Waals surface area contributed by atoms with Crippen LogP contribution < -0.4 is 16.4 Å². The maximum atomic E-state index is 7.33. The van der Waals surface area contributed by atoms with Gasteiger partial charge in [0, 0.05) is 53.1 Å². The third-order valence-corrected chi connectivity index (χ3v) is 5.26. The van der Waals surface area contributed by atoms with Crippen molar-refractivity contribution in [2.45, 2.75) is 6.54 Å². The van der Waals surface area contributed by atoms with Gasteiger partial charge in [-0.15, -0.1) is 0 Å². The van der Waals surface area contributed by atoms with E-state index in [4.69, 9.17) is 34.3 Å². The van der Waals surface area contributed by atoms with E-state index in [1.807, 2.05) is 24.4 Å². The van der Waals surface area contributed by atoms with Gasteiger partial charge in [-0.2, -0.15) is 0 Å². The van der Waals surface area contributed by atoms with Crippen LogP contribution in [0.1, 0.15) is 0 Å². The number of halogens is 2. The topological polar surface area (TPSA) is 91.8 Å². The van der Waals surface area contributed by atoms with Crippen molar-refractivity contribution in [2.75, 3.05) is 11.9 Å². The smallest absolute Gasteiger partial charge is 0.185 e. The van der Waals surface area contributed by atoms with Gasteiger partial charge in [0.2, 0.25) is 0 Å². The van der Waals surface area contributed by atoms with E-state index in [0.29, 0.717) is 23.1 Å². The molecule has 28 heavy (non-hydrogen) atoms. The van der Waals surface area contributed by atoms with Crippen LogP contribution in [0.5, 0.6) is 0 Å². The molecule has 2 aromatic carbocycles. The molecule has 0 bridgehead atoms. The summed E-state index contributed by atoms with van der Waals surface area (Å²) in [6, 6.07) is 13.6. The molecule has 0 spiro atoms. The SMILES string of the molecule is N=C(N)NCCn1c2ccncc2c2cc(Nc3ccc(Cl)c(Cl)c3)ccc21. The van der Waals surface area contributed by atoms with Crippen molar-refractivity contribution in [3.63, 3.8) is 0 Å². The van der Waals surface area contributed by atoms with Crippen LogP contribution >= 0.6 is 23.2 Å². The lowest BCUT2D eigenvalue weighted by Gasteiger charge is -2.10. The molecular formula is C20H18Cl2N6. The summed E-state index contributed by atoms with van der Waals surface area (Å²) >= 11 is 12.1. The highest BCUT2D eigenvalue weighted by molar-refractivity contribution is 6.42. The lowest BCUT2D eigenvalue weighted by Crippen LogP contribution is -2.32. The predicted octanol–water partition coefficient (Wildman–Crippen LogP) is 4.72. The van der Waals surface area contributed by atoms with Gasteiger partial charge in [0.15, 0.2) is 5.96 Å². The zero-order chi connectivity index (χ0) is 19.7. The summed E-state index contributed by atoms with van der Waals surface area (Å²) in [6.07, 6.45) is 3.65. The summed E-state index contributed by atoms with van der Waals surface area (Å²) in [5.74, 6) is -0.0319. The van der Waals surface area contributed by atoms with Gasteiger partial charge in [0.05, 0.1) is 15.6 Å². The van der Waals surface area contributed by atoms with Crippen molar-refractivity contribution in [1.29, 1.82) is 5.41 Å². The fourth-order valence-electron chi connectivity index (χ4n) is 3.31. The molecule has 0 atom stereocenters. The number of nitrogens with two attached hydrogens (primary N) is 1. The second-order valence-electron chi connectivity index (χ2n) is 6.37. The highest BCUT2D eigenvalue weighted by Crippen LogP contribution is 2.32. The number of rotatable bonds is 5. The van der Waals surface area contributed by atoms with E-state index in [0.717, 1.165) is 33.2 Å². The summed E-state index contributed by atoms with van der Waals surface area (Å²) in [5.41, 5.74) is 9.38. The van der Waals surface area contributed by atoms with Crippen LogP contribution in [-0.4, -0.2) is 22.1 Å². The summed E-state index contributed by atoms with van der Waals surface area (Å²) in [7, 11) is 0. The zero-order valence-corrected chi connectivity index (χ0v) is 16.3. The minimum absolute atomic E-state index is 0.0319. The number of aromatic nitrogens is 2. The Morgan fingerprint density at radius 1 is 1.00 bits per heavy atom. The highest BCUT2D eigenvalue weighted by atomic mass is 35.5. The van der Waals surface area contributed by atoms with Crippen molar-refractivity contribution in [1.82, 2.24) is 14.9 Å². The van der Waals surface area contributed by atoms with Crippen LogP contribution in [0, 0.1) is 5.41 Å². The fourth-order valence-corrected chi connectivity index (χ4v) is 3.61. The molecule has 4 aromatic rings. The van der Waals surface area contributed by atoms with Crippen molar-refractivity contribution in [3.05, 3.63) is 64.9 Å². The van der Waals surface area contributed by atoms with Crippen LogP contribution in [0.2, 0.25) is 10.0 Å². The molecule has 0 amide bonds. The van der Waals surface area contributed by atoms with E-state index in [2.05, 4.69) is 32.3 Å². The highest BCUT2D eigenvalue weighted by Gasteiger charge is 2.11. The molecule has 0 saturated carbocycles. The number of benzene rings is 2. The fraction of sp³-hybridized carbons (Fsp3) is 0.100. The van der Waals surface area contributed by atoms with Crippen LogP contribution in [0.3, 0.4) is 0 Å². The molecule has 8 heteroatoms. The standard InChI is InChI=1S/C20H18Cl2N6/c21-16-3-1-13(10-17(16)22)27-12-2-4-18-14(9-12)15-11-25-6-5-19(15)28(18)8-7-26-20(23)24/h1-6,9-11,27H,7-8H2,(H4,23,24,26). The van der Waals surface area contributed by atoms with Crippen LogP contribution in [-0.2, 0) is 6.54 Å². The average Bonchev–Trinajstić information content (AvgIpc) is 2.98. The first kappa shape index (κ1) is 18.4. The second kappa shape index (κ2) is 7.58. The van der Waals surface area contributed by atoms with E-state index in [9.17, 15) is 0 Å². The van der Waals surface area contributed by atoms with Crippen molar-refractivity contribution in [2.24, 2.45) is 5.73 Å². The van der Waals surface area contributed by atoms with Crippen LogP contribution in [0.4, 0.5) is 11.4 Å². The Labute approximate surface area is 171 Å². The van der Waals surface area contributed by atoms with Crippen molar-refractivity contribution >= 4 is 62.3 Å². The molecule has 0 radical (unpaired) electrons. The summed E-state index contributed by atoms with van der Waals surface area (Å²) in [4.78, 5) is 4.28. The Morgan fingerprint density at radius 2 is 1.75 bits per heavy atom. The van der Waals surface area contributed by atoms with Gasteiger partial charge in [0.25, 0.3) is 0 Å². The molecule has 0 saturated heterocycles. The largest absolute Gasteiger partial charge is 0.370 e. The maximum absolute atomic E-state index is 7.33. The minimum Gasteiger partial charge on any atom is -0.370 e. The number of hydrogen-bond acceptors (Lipinski definition) is 3. The molecule has 2 aromatic heterocycles. The Bertz CT molecular complexity index is 1180. The van der Waals surface area contributed by atoms with E-state index in [1.165, 1.54) is 0 Å². The lowest BCUT2D eigenvalue weighted by atomic mass is 10.1. The molecule has 5 N–H and O–H groups in total. The number of guanidine groups is 1. The maximum Gasteiger partial charge on any atom is 0.185 e. The molecule has 0 aliphatic carbocycles. The third kappa shape index (κ3) is 3.56. The van der Waals surface area contributed by atoms with Gasteiger partial charge >= 0.3 is 0 Å². The Morgan fingerprint density at radius 3 is 2.54 bits per heavy atom. The number of pyridine rings is 1. The molecule has 2 heterocycles. The Hall–Kier alpha value is -2.96. The number of nitrogens with zero attached hydrogens (tertiary/aromatic N) is 2. The van der Waals surface area contributed by atoms with E-state index in [-0.39, 0.29) is 5.96 Å². The van der Waals surface area contributed by atoms with Gasteiger partial charge in [0.1, 0.15) is 0 Å². The molecule has 142 valence electrons. The first-order chi connectivity index (χ1) is 13.5. The summed E-state index contributed by atoms with van der Waals surface area (Å²) < 4.78 is 2.20. The molecule has 6 nitrogen and oxygen atoms in total. The van der Waals surface area contributed by atoms with Crippen LogP contribution in [0.25, 0.3) is 21.8 Å². The monoisotopic (exact) mass is 412 g/mol. The molecule has 0 aliphatic heterocycles. The van der Waals surface area contributed by atoms with Gasteiger partial charge in [-0.1, -0.05) is 23.2 Å². The number of hydrogen-bond donors (Lipinski definition) is 4. The predicted molar refractivity (Wildman–Crippen MR) is 117 cm³/mol. The third-order valence-electron chi connectivity index (χ3n) is 4.53. The van der Waals surface area contributed by atoms with E-state index in [1.54, 1.807) is 18.3 Å². The van der Waals surface area contributed by atoms with Crippen molar-refractivity contribution in [3.8, 4) is 0 Å². The molecule has 0 unspecified atom stereocenters. The summed E-state index contributed by atoms with van der Waals surface area (Å²) in [5, 5.41) is 16.7. The Balaban J connectivity index is 1.73. The number of anilines is 2. The molecule has 0 aliphatic rings. The van der Waals surface area contributed by atoms with Gasteiger partial charge in [-0.25, -0.2) is 0 Å². The van der Waals surface area contributed by atoms with Crippen molar-refractivity contribution < 1.29 is 0 Å². The number of nitrogens with one attached hydrogen (secondary N) is 3. The normalized spacial score (nSPS) is 11.1. The van der Waals surface area contributed by atoms with Gasteiger partial charge in [-0.05, 0) is 42.5 Å². The number of fused-ring (bicyclic) bond motifs is 3. The molecule has 4 rings (SSSR count). The van der Waals surface area contributed by atoms with E-state index < -0.39 is 0 Å². The second-order valence-corrected chi connectivity index (χ2v) is 7.19. The lowest BCUT2D eigenvalue weighted by molar-refractivity contribution is 0.709. The average molecular weight is 413 g/mol. The molecule has 0 fully saturated rings. The quantitative estimate of drug-likeness (QED) is 0.281. The van der Waals surface area contributed by atoms with Crippen LogP contribution in [0.15, 0.2) is 54.9 Å². The zero-order valence-electron chi connectivity index (χ0n) is 14.8.